The van der Waals surface area contributed by atoms with Crippen molar-refractivity contribution in [1.82, 2.24) is 4.98 Å². The van der Waals surface area contributed by atoms with E-state index < -0.39 is 17.1 Å². The summed E-state index contributed by atoms with van der Waals surface area (Å²) in [5, 5.41) is 20.6. The zero-order valence-electron chi connectivity index (χ0n) is 13.1. The molecule has 7 heteroatoms. The van der Waals surface area contributed by atoms with Crippen LogP contribution in [-0.4, -0.2) is 15.2 Å². The molecular weight excluding hydrogens is 377 g/mol. The van der Waals surface area contributed by atoms with Crippen LogP contribution in [-0.2, 0) is 0 Å². The normalized spacial score (nSPS) is 11.2. The molecule has 0 bridgehead atoms. The van der Waals surface area contributed by atoms with E-state index in [1.807, 2.05) is 0 Å². The molecule has 26 heavy (non-hydrogen) atoms. The van der Waals surface area contributed by atoms with E-state index in [2.05, 4.69) is 4.98 Å². The predicted octanol–water partition coefficient (Wildman–Crippen LogP) is 5.13. The van der Waals surface area contributed by atoms with E-state index in [1.165, 1.54) is 12.1 Å². The number of pyridine rings is 1. The zero-order chi connectivity index (χ0) is 18.4. The summed E-state index contributed by atoms with van der Waals surface area (Å²) in [6, 6.07) is 12.6. The average molecular weight is 388 g/mol. The smallest absolute Gasteiger partial charge is 0.260 e. The maximum Gasteiger partial charge on any atom is 0.260 e. The molecule has 0 aliphatic rings. The van der Waals surface area contributed by atoms with Crippen molar-refractivity contribution in [2.75, 3.05) is 0 Å². The highest BCUT2D eigenvalue weighted by Gasteiger charge is 2.22. The lowest BCUT2D eigenvalue weighted by atomic mass is 10.0. The second kappa shape index (κ2) is 6.16. The molecule has 0 amide bonds. The number of aromatic amines is 1. The van der Waals surface area contributed by atoms with E-state index in [1.54, 1.807) is 30.3 Å². The van der Waals surface area contributed by atoms with E-state index in [0.29, 0.717) is 31.2 Å². The summed E-state index contributed by atoms with van der Waals surface area (Å²) < 4.78 is 14.1. The van der Waals surface area contributed by atoms with Gasteiger partial charge in [-0.05, 0) is 23.3 Å². The summed E-state index contributed by atoms with van der Waals surface area (Å²) in [5.41, 5.74) is 1.02. The first-order valence-electron chi connectivity index (χ1n) is 7.59. The van der Waals surface area contributed by atoms with Crippen LogP contribution < -0.4 is 5.56 Å². The van der Waals surface area contributed by atoms with Crippen LogP contribution in [0.25, 0.3) is 32.5 Å². The van der Waals surface area contributed by atoms with Gasteiger partial charge in [-0.25, -0.2) is 4.39 Å². The number of H-pyrrole nitrogens is 1. The second-order valence-electron chi connectivity index (χ2n) is 5.66. The fraction of sp³-hybridized carbons (Fsp3) is 0. The summed E-state index contributed by atoms with van der Waals surface area (Å²) in [4.78, 5) is 15.6. The molecule has 0 atom stereocenters. The van der Waals surface area contributed by atoms with Crippen LogP contribution in [0.3, 0.4) is 0 Å². The highest BCUT2D eigenvalue weighted by atomic mass is 35.5. The van der Waals surface area contributed by atoms with Gasteiger partial charge in [-0.15, -0.1) is 11.3 Å². The fourth-order valence-corrected chi connectivity index (χ4v) is 4.29. The first kappa shape index (κ1) is 16.6. The van der Waals surface area contributed by atoms with Crippen LogP contribution in [0, 0.1) is 5.82 Å². The number of fused-ring (bicyclic) bond motifs is 1. The third-order valence-corrected chi connectivity index (χ3v) is 5.41. The molecular formula is C19H11ClFNO3S. The van der Waals surface area contributed by atoms with Gasteiger partial charge in [-0.1, -0.05) is 48.0 Å². The molecule has 4 rings (SSSR count). The number of aromatic nitrogens is 1. The number of aromatic hydroxyl groups is 2. The van der Waals surface area contributed by atoms with Gasteiger partial charge in [0, 0.05) is 5.56 Å². The number of thiophene rings is 1. The third kappa shape index (κ3) is 2.55. The Labute approximate surface area is 155 Å². The number of halogens is 2. The van der Waals surface area contributed by atoms with Gasteiger partial charge in [0.1, 0.15) is 14.9 Å². The molecule has 2 aromatic heterocycles. The number of hydrogen-bond acceptors (Lipinski definition) is 4. The van der Waals surface area contributed by atoms with Gasteiger partial charge in [0.05, 0.1) is 10.9 Å². The van der Waals surface area contributed by atoms with Gasteiger partial charge in [0.2, 0.25) is 0 Å². The summed E-state index contributed by atoms with van der Waals surface area (Å²) >= 11 is 7.40. The first-order valence-corrected chi connectivity index (χ1v) is 8.78. The molecule has 0 aliphatic heterocycles. The molecule has 0 unspecified atom stereocenters. The lowest BCUT2D eigenvalue weighted by Gasteiger charge is -2.08. The van der Waals surface area contributed by atoms with Crippen molar-refractivity contribution in [1.29, 1.82) is 0 Å². The maximum absolute atomic E-state index is 13.8. The highest BCUT2D eigenvalue weighted by Crippen LogP contribution is 2.47. The van der Waals surface area contributed by atoms with Crippen molar-refractivity contribution in [2.45, 2.75) is 0 Å². The maximum atomic E-state index is 13.8. The van der Waals surface area contributed by atoms with Crippen molar-refractivity contribution < 1.29 is 14.6 Å². The molecule has 0 spiro atoms. The molecule has 0 fully saturated rings. The molecule has 2 aromatic carbocycles. The summed E-state index contributed by atoms with van der Waals surface area (Å²) in [6.45, 7) is 0. The number of hydrogen-bond donors (Lipinski definition) is 3. The summed E-state index contributed by atoms with van der Waals surface area (Å²) in [7, 11) is 0. The van der Waals surface area contributed by atoms with Crippen molar-refractivity contribution >= 4 is 33.2 Å². The lowest BCUT2D eigenvalue weighted by Crippen LogP contribution is -2.08. The van der Waals surface area contributed by atoms with Crippen molar-refractivity contribution in [3.63, 3.8) is 0 Å². The quantitative estimate of drug-likeness (QED) is 0.446. The van der Waals surface area contributed by atoms with Crippen LogP contribution in [0.5, 0.6) is 11.5 Å². The Morgan fingerprint density at radius 3 is 2.42 bits per heavy atom. The van der Waals surface area contributed by atoms with E-state index >= 15 is 0 Å². The van der Waals surface area contributed by atoms with Crippen LogP contribution in [0.15, 0.2) is 53.3 Å². The average Bonchev–Trinajstić information content (AvgIpc) is 2.94. The molecule has 4 nitrogen and oxygen atoms in total. The Bertz CT molecular complexity index is 1200. The van der Waals surface area contributed by atoms with Gasteiger partial charge in [0.15, 0.2) is 11.6 Å². The third-order valence-electron chi connectivity index (χ3n) is 4.09. The van der Waals surface area contributed by atoms with E-state index in [0.717, 1.165) is 17.4 Å². The van der Waals surface area contributed by atoms with Crippen LogP contribution in [0.1, 0.15) is 0 Å². The molecule has 0 saturated heterocycles. The molecule has 2 heterocycles. The van der Waals surface area contributed by atoms with Gasteiger partial charge in [-0.3, -0.25) is 4.79 Å². The van der Waals surface area contributed by atoms with E-state index in [4.69, 9.17) is 11.6 Å². The number of benzene rings is 2. The van der Waals surface area contributed by atoms with Gasteiger partial charge >= 0.3 is 0 Å². The monoisotopic (exact) mass is 387 g/mol. The van der Waals surface area contributed by atoms with Gasteiger partial charge < -0.3 is 15.2 Å². The van der Waals surface area contributed by atoms with Gasteiger partial charge in [-0.2, -0.15) is 0 Å². The second-order valence-corrected chi connectivity index (χ2v) is 7.29. The minimum Gasteiger partial charge on any atom is -0.506 e. The fourth-order valence-electron chi connectivity index (χ4n) is 2.91. The first-order chi connectivity index (χ1) is 12.5. The Morgan fingerprint density at radius 1 is 1.00 bits per heavy atom. The predicted molar refractivity (Wildman–Crippen MR) is 102 cm³/mol. The lowest BCUT2D eigenvalue weighted by molar-refractivity contribution is 0.432. The molecule has 0 radical (unpaired) electrons. The van der Waals surface area contributed by atoms with Crippen LogP contribution in [0.4, 0.5) is 4.39 Å². The standard InChI is InChI=1S/C19H11ClFNO3S/c20-17-13(10-6-7-12(23)11(21)8-10)15-16(24)14(9-4-2-1-3-5-9)18(25)22-19(15)26-17/h1-8,23H,(H2,22,24,25). The molecule has 0 saturated carbocycles. The Hall–Kier alpha value is -2.83. The molecule has 0 aliphatic carbocycles. The minimum absolute atomic E-state index is 0.119. The molecule has 4 aromatic rings. The minimum atomic E-state index is -0.801. The number of rotatable bonds is 2. The summed E-state index contributed by atoms with van der Waals surface area (Å²) in [6.07, 6.45) is 0. The topological polar surface area (TPSA) is 73.3 Å². The molecule has 3 N–H and O–H groups in total. The number of phenols is 1. The highest BCUT2D eigenvalue weighted by molar-refractivity contribution is 7.23. The van der Waals surface area contributed by atoms with E-state index in [-0.39, 0.29) is 11.3 Å². The SMILES string of the molecule is O=c1[nH]c2sc(Cl)c(-c3ccc(O)c(F)c3)c2c(O)c1-c1ccccc1. The van der Waals surface area contributed by atoms with Crippen LogP contribution in [0.2, 0.25) is 4.34 Å². The Balaban J connectivity index is 2.08. The van der Waals surface area contributed by atoms with Crippen molar-refractivity contribution in [3.8, 4) is 33.8 Å². The van der Waals surface area contributed by atoms with E-state index in [9.17, 15) is 19.4 Å². The Morgan fingerprint density at radius 2 is 1.73 bits per heavy atom. The van der Waals surface area contributed by atoms with Crippen molar-refractivity contribution in [2.24, 2.45) is 0 Å². The van der Waals surface area contributed by atoms with Crippen molar-refractivity contribution in [3.05, 3.63) is 69.0 Å². The largest absolute Gasteiger partial charge is 0.506 e. The van der Waals surface area contributed by atoms with Gasteiger partial charge in [0.25, 0.3) is 5.56 Å². The van der Waals surface area contributed by atoms with Crippen LogP contribution >= 0.6 is 22.9 Å². The number of nitrogens with one attached hydrogen (secondary N) is 1. The molecule has 130 valence electrons. The Kier molecular flexibility index (Phi) is 3.94. The zero-order valence-corrected chi connectivity index (χ0v) is 14.7. The summed E-state index contributed by atoms with van der Waals surface area (Å²) in [5.74, 6) is -1.50. The number of phenolic OH excluding ortho intramolecular Hbond substituents is 1.